The van der Waals surface area contributed by atoms with Crippen LogP contribution in [0.4, 0.5) is 0 Å². The van der Waals surface area contributed by atoms with Crippen molar-refractivity contribution in [3.63, 3.8) is 0 Å². The first-order chi connectivity index (χ1) is 15.1. The first kappa shape index (κ1) is 21.3. The SMILES string of the molecule is COc1cc(Cn2c(C(=O)NCCN3CCOCC3)cc3oc(C)cc32)cc(OC)c1. The second kappa shape index (κ2) is 9.45. The molecule has 0 aliphatic carbocycles. The van der Waals surface area contributed by atoms with Gasteiger partial charge in [0.1, 0.15) is 23.0 Å². The lowest BCUT2D eigenvalue weighted by atomic mass is 10.2. The Kier molecular flexibility index (Phi) is 6.48. The van der Waals surface area contributed by atoms with Crippen LogP contribution in [0.5, 0.6) is 11.5 Å². The molecule has 1 saturated heterocycles. The Morgan fingerprint density at radius 3 is 2.45 bits per heavy atom. The quantitative estimate of drug-likeness (QED) is 0.596. The molecule has 1 aromatic carbocycles. The molecule has 1 aliphatic rings. The van der Waals surface area contributed by atoms with Crippen LogP contribution in [0, 0.1) is 6.92 Å². The summed E-state index contributed by atoms with van der Waals surface area (Å²) in [7, 11) is 3.25. The van der Waals surface area contributed by atoms with Gasteiger partial charge in [-0.1, -0.05) is 0 Å². The number of amides is 1. The van der Waals surface area contributed by atoms with Crippen molar-refractivity contribution in [3.8, 4) is 11.5 Å². The molecule has 0 spiro atoms. The predicted octanol–water partition coefficient (Wildman–Crippen LogP) is 2.67. The van der Waals surface area contributed by atoms with Gasteiger partial charge >= 0.3 is 0 Å². The molecule has 3 heterocycles. The minimum atomic E-state index is -0.118. The van der Waals surface area contributed by atoms with E-state index in [1.54, 1.807) is 14.2 Å². The lowest BCUT2D eigenvalue weighted by Gasteiger charge is -2.26. The summed E-state index contributed by atoms with van der Waals surface area (Å²) >= 11 is 0. The highest BCUT2D eigenvalue weighted by molar-refractivity contribution is 5.97. The zero-order chi connectivity index (χ0) is 21.8. The van der Waals surface area contributed by atoms with E-state index in [0.717, 1.165) is 49.7 Å². The highest BCUT2D eigenvalue weighted by Crippen LogP contribution is 2.28. The molecule has 1 aliphatic heterocycles. The Balaban J connectivity index is 1.56. The van der Waals surface area contributed by atoms with Crippen LogP contribution < -0.4 is 14.8 Å². The van der Waals surface area contributed by atoms with E-state index in [1.807, 2.05) is 41.8 Å². The number of furan rings is 1. The minimum absolute atomic E-state index is 0.118. The molecule has 0 radical (unpaired) electrons. The van der Waals surface area contributed by atoms with Crippen molar-refractivity contribution >= 4 is 17.0 Å². The van der Waals surface area contributed by atoms with Gasteiger partial charge in [-0.15, -0.1) is 0 Å². The number of nitrogens with one attached hydrogen (secondary N) is 1. The van der Waals surface area contributed by atoms with Gasteiger partial charge in [-0.2, -0.15) is 0 Å². The number of benzene rings is 1. The Morgan fingerprint density at radius 2 is 1.77 bits per heavy atom. The first-order valence-electron chi connectivity index (χ1n) is 10.5. The number of ether oxygens (including phenoxy) is 3. The number of methoxy groups -OCH3 is 2. The average molecular weight is 428 g/mol. The van der Waals surface area contributed by atoms with E-state index in [9.17, 15) is 4.79 Å². The number of hydrogen-bond donors (Lipinski definition) is 1. The van der Waals surface area contributed by atoms with Gasteiger partial charge in [0, 0.05) is 50.9 Å². The monoisotopic (exact) mass is 427 g/mol. The van der Waals surface area contributed by atoms with Gasteiger partial charge in [-0.25, -0.2) is 0 Å². The molecule has 8 heteroatoms. The molecule has 4 rings (SSSR count). The average Bonchev–Trinajstić information content (AvgIpc) is 3.31. The largest absolute Gasteiger partial charge is 0.497 e. The second-order valence-electron chi connectivity index (χ2n) is 7.65. The third kappa shape index (κ3) is 4.86. The van der Waals surface area contributed by atoms with Gasteiger partial charge in [-0.05, 0) is 24.6 Å². The second-order valence-corrected chi connectivity index (χ2v) is 7.65. The number of morpholine rings is 1. The Labute approximate surface area is 181 Å². The van der Waals surface area contributed by atoms with Crippen LogP contribution in [0.3, 0.4) is 0 Å². The third-order valence-electron chi connectivity index (χ3n) is 5.51. The number of nitrogens with zero attached hydrogens (tertiary/aromatic N) is 2. The van der Waals surface area contributed by atoms with Crippen molar-refractivity contribution in [2.75, 3.05) is 53.6 Å². The summed E-state index contributed by atoms with van der Waals surface area (Å²) in [5, 5.41) is 3.05. The van der Waals surface area contributed by atoms with Crippen molar-refractivity contribution in [1.29, 1.82) is 0 Å². The van der Waals surface area contributed by atoms with Crippen molar-refractivity contribution < 1.29 is 23.4 Å². The fourth-order valence-electron chi connectivity index (χ4n) is 3.91. The predicted molar refractivity (Wildman–Crippen MR) is 117 cm³/mol. The van der Waals surface area contributed by atoms with Crippen LogP contribution in [0.1, 0.15) is 21.8 Å². The summed E-state index contributed by atoms with van der Waals surface area (Å²) in [6.07, 6.45) is 0. The minimum Gasteiger partial charge on any atom is -0.497 e. The zero-order valence-corrected chi connectivity index (χ0v) is 18.3. The molecule has 1 amide bonds. The van der Waals surface area contributed by atoms with E-state index in [4.69, 9.17) is 18.6 Å². The van der Waals surface area contributed by atoms with E-state index in [-0.39, 0.29) is 5.91 Å². The Bertz CT molecular complexity index is 1030. The maximum absolute atomic E-state index is 13.0. The van der Waals surface area contributed by atoms with Crippen molar-refractivity contribution in [3.05, 3.63) is 47.3 Å². The molecule has 0 atom stereocenters. The van der Waals surface area contributed by atoms with Crippen LogP contribution in [0.25, 0.3) is 11.1 Å². The fraction of sp³-hybridized carbons (Fsp3) is 0.435. The van der Waals surface area contributed by atoms with Crippen molar-refractivity contribution in [2.24, 2.45) is 0 Å². The third-order valence-corrected chi connectivity index (χ3v) is 5.51. The number of aryl methyl sites for hydroxylation is 1. The van der Waals surface area contributed by atoms with Gasteiger partial charge in [0.25, 0.3) is 5.91 Å². The molecule has 31 heavy (non-hydrogen) atoms. The summed E-state index contributed by atoms with van der Waals surface area (Å²) in [4.78, 5) is 15.3. The molecular weight excluding hydrogens is 398 g/mol. The number of aromatic nitrogens is 1. The van der Waals surface area contributed by atoms with E-state index in [2.05, 4.69) is 10.2 Å². The number of hydrogen-bond acceptors (Lipinski definition) is 6. The van der Waals surface area contributed by atoms with Crippen molar-refractivity contribution in [1.82, 2.24) is 14.8 Å². The van der Waals surface area contributed by atoms with E-state index < -0.39 is 0 Å². The molecule has 3 aromatic rings. The van der Waals surface area contributed by atoms with Gasteiger partial charge in [0.15, 0.2) is 5.58 Å². The van der Waals surface area contributed by atoms with Gasteiger partial charge in [-0.3, -0.25) is 9.69 Å². The smallest absolute Gasteiger partial charge is 0.268 e. The van der Waals surface area contributed by atoms with E-state index in [1.165, 1.54) is 0 Å². The highest BCUT2D eigenvalue weighted by atomic mass is 16.5. The Morgan fingerprint density at radius 1 is 1.06 bits per heavy atom. The van der Waals surface area contributed by atoms with Crippen LogP contribution >= 0.6 is 0 Å². The standard InChI is InChI=1S/C23H29N3O5/c1-16-10-20-22(31-16)14-21(23(27)24-4-5-25-6-8-30-9-7-25)26(20)15-17-11-18(28-2)13-19(12-17)29-3/h10-14H,4-9,15H2,1-3H3,(H,24,27). The van der Waals surface area contributed by atoms with Crippen LogP contribution in [0.2, 0.25) is 0 Å². The molecule has 2 aromatic heterocycles. The van der Waals surface area contributed by atoms with Gasteiger partial charge in [0.2, 0.25) is 0 Å². The molecule has 1 fully saturated rings. The van der Waals surface area contributed by atoms with Crippen LogP contribution in [-0.2, 0) is 11.3 Å². The highest BCUT2D eigenvalue weighted by Gasteiger charge is 2.19. The number of fused-ring (bicyclic) bond motifs is 1. The summed E-state index contributed by atoms with van der Waals surface area (Å²) in [5.74, 6) is 2.10. The molecule has 0 unspecified atom stereocenters. The number of rotatable bonds is 8. The summed E-state index contributed by atoms with van der Waals surface area (Å²) < 4.78 is 23.9. The van der Waals surface area contributed by atoms with Crippen molar-refractivity contribution in [2.45, 2.75) is 13.5 Å². The number of carbonyl (C=O) groups is 1. The molecule has 8 nitrogen and oxygen atoms in total. The Hall–Kier alpha value is -2.97. The van der Waals surface area contributed by atoms with Crippen LogP contribution in [0.15, 0.2) is 34.7 Å². The van der Waals surface area contributed by atoms with Gasteiger partial charge in [0.05, 0.1) is 33.0 Å². The normalized spacial score (nSPS) is 14.7. The van der Waals surface area contributed by atoms with E-state index >= 15 is 0 Å². The molecular formula is C23H29N3O5. The molecule has 166 valence electrons. The topological polar surface area (TPSA) is 78.1 Å². The zero-order valence-electron chi connectivity index (χ0n) is 18.3. The summed E-state index contributed by atoms with van der Waals surface area (Å²) in [5.41, 5.74) is 3.12. The molecule has 0 bridgehead atoms. The first-order valence-corrected chi connectivity index (χ1v) is 10.5. The maximum atomic E-state index is 13.0. The van der Waals surface area contributed by atoms with E-state index in [0.29, 0.717) is 35.9 Å². The maximum Gasteiger partial charge on any atom is 0.268 e. The molecule has 1 N–H and O–H groups in total. The number of carbonyl (C=O) groups excluding carboxylic acids is 1. The lowest BCUT2D eigenvalue weighted by molar-refractivity contribution is 0.0383. The fourth-order valence-corrected chi connectivity index (χ4v) is 3.91. The summed E-state index contributed by atoms with van der Waals surface area (Å²) in [6, 6.07) is 9.49. The van der Waals surface area contributed by atoms with Crippen LogP contribution in [-0.4, -0.2) is 69.0 Å². The molecule has 0 saturated carbocycles. The van der Waals surface area contributed by atoms with Gasteiger partial charge < -0.3 is 28.5 Å². The summed E-state index contributed by atoms with van der Waals surface area (Å²) in [6.45, 7) is 7.07. The lowest BCUT2D eigenvalue weighted by Crippen LogP contribution is -2.41.